The van der Waals surface area contributed by atoms with Crippen molar-refractivity contribution in [1.29, 1.82) is 0 Å². The van der Waals surface area contributed by atoms with E-state index in [1.807, 2.05) is 0 Å². The van der Waals surface area contributed by atoms with Crippen molar-refractivity contribution in [2.24, 2.45) is 0 Å². The molecule has 0 aliphatic carbocycles. The Bertz CT molecular complexity index is 1280. The Morgan fingerprint density at radius 2 is 1.87 bits per heavy atom. The van der Waals surface area contributed by atoms with Crippen LogP contribution in [-0.4, -0.2) is 32.5 Å². The smallest absolute Gasteiger partial charge is 0.251 e. The number of thiophene rings is 1. The van der Waals surface area contributed by atoms with Crippen LogP contribution in [0.15, 0.2) is 58.3 Å². The number of methoxy groups -OCH3 is 2. The number of ether oxygens (including phenoxy) is 2. The van der Waals surface area contributed by atoms with Crippen LogP contribution in [0.3, 0.4) is 0 Å². The molecule has 158 valence electrons. The summed E-state index contributed by atoms with van der Waals surface area (Å²) in [5, 5.41) is 5.09. The molecular weight excluding hydrogens is 421 g/mol. The molecule has 0 aliphatic heterocycles. The molecule has 2 aromatic carbocycles. The molecule has 4 rings (SSSR count). The minimum absolute atomic E-state index is 0.110. The van der Waals surface area contributed by atoms with Crippen molar-refractivity contribution in [3.63, 3.8) is 0 Å². The lowest BCUT2D eigenvalue weighted by atomic mass is 10.1. The van der Waals surface area contributed by atoms with Crippen LogP contribution < -0.4 is 14.8 Å². The van der Waals surface area contributed by atoms with Crippen molar-refractivity contribution in [2.75, 3.05) is 20.8 Å². The van der Waals surface area contributed by atoms with Gasteiger partial charge in [0.25, 0.3) is 5.91 Å². The molecule has 2 aromatic heterocycles. The lowest BCUT2D eigenvalue weighted by Crippen LogP contribution is -2.29. The predicted molar refractivity (Wildman–Crippen MR) is 116 cm³/mol. The fraction of sp³-hybridized carbons (Fsp3) is 0.130. The first kappa shape index (κ1) is 20.6. The highest BCUT2D eigenvalue weighted by Gasteiger charge is 2.17. The van der Waals surface area contributed by atoms with Crippen LogP contribution >= 0.6 is 11.3 Å². The predicted octanol–water partition coefficient (Wildman–Crippen LogP) is 4.93. The zero-order valence-corrected chi connectivity index (χ0v) is 17.5. The van der Waals surface area contributed by atoms with E-state index < -0.39 is 5.91 Å². The number of amides is 1. The van der Waals surface area contributed by atoms with Gasteiger partial charge in [-0.2, -0.15) is 0 Å². The first-order chi connectivity index (χ1) is 15.0. The van der Waals surface area contributed by atoms with Crippen molar-refractivity contribution in [2.45, 2.75) is 0 Å². The summed E-state index contributed by atoms with van der Waals surface area (Å²) in [5.41, 5.74) is 1.05. The Morgan fingerprint density at radius 1 is 1.06 bits per heavy atom. The highest BCUT2D eigenvalue weighted by atomic mass is 32.1. The third-order valence-corrected chi connectivity index (χ3v) is 5.76. The van der Waals surface area contributed by atoms with Crippen LogP contribution in [-0.2, 0) is 0 Å². The van der Waals surface area contributed by atoms with E-state index in [-0.39, 0.29) is 23.9 Å². The summed E-state index contributed by atoms with van der Waals surface area (Å²) in [5.74, 6) is 0.376. The third-order valence-electron chi connectivity index (χ3n) is 4.75. The molecule has 0 saturated heterocycles. The second kappa shape index (κ2) is 8.61. The quantitative estimate of drug-likeness (QED) is 0.413. The SMILES string of the molecule is COc1ccc(C(=O)NCC(=O)c2ccc(-c3csc4c(F)cccc34)o2)cc1OC. The van der Waals surface area contributed by atoms with Gasteiger partial charge in [0.05, 0.1) is 25.5 Å². The number of ketones is 1. The highest BCUT2D eigenvalue weighted by molar-refractivity contribution is 7.17. The first-order valence-electron chi connectivity index (χ1n) is 9.31. The minimum Gasteiger partial charge on any atom is -0.493 e. The fourth-order valence-electron chi connectivity index (χ4n) is 3.17. The summed E-state index contributed by atoms with van der Waals surface area (Å²) >= 11 is 1.27. The lowest BCUT2D eigenvalue weighted by Gasteiger charge is -2.09. The number of carbonyl (C=O) groups excluding carboxylic acids is 2. The van der Waals surface area contributed by atoms with E-state index in [0.29, 0.717) is 33.1 Å². The van der Waals surface area contributed by atoms with Crippen molar-refractivity contribution in [3.05, 3.63) is 71.1 Å². The van der Waals surface area contributed by atoms with Gasteiger partial charge in [-0.3, -0.25) is 9.59 Å². The Hall–Kier alpha value is -3.65. The molecular formula is C23H18FNO5S. The average Bonchev–Trinajstić information content (AvgIpc) is 3.44. The van der Waals surface area contributed by atoms with Crippen molar-refractivity contribution >= 4 is 33.1 Å². The zero-order valence-electron chi connectivity index (χ0n) is 16.7. The Morgan fingerprint density at radius 3 is 2.65 bits per heavy atom. The topological polar surface area (TPSA) is 77.8 Å². The molecule has 0 bridgehead atoms. The number of benzene rings is 2. The average molecular weight is 439 g/mol. The number of nitrogens with one attached hydrogen (secondary N) is 1. The summed E-state index contributed by atoms with van der Waals surface area (Å²) in [6, 6.07) is 12.8. The molecule has 0 saturated carbocycles. The second-order valence-corrected chi connectivity index (χ2v) is 7.49. The molecule has 1 N–H and O–H groups in total. The van der Waals surface area contributed by atoms with Crippen LogP contribution in [0.25, 0.3) is 21.4 Å². The van der Waals surface area contributed by atoms with Gasteiger partial charge in [-0.15, -0.1) is 11.3 Å². The number of hydrogen-bond donors (Lipinski definition) is 1. The highest BCUT2D eigenvalue weighted by Crippen LogP contribution is 2.36. The molecule has 0 fully saturated rings. The Balaban J connectivity index is 1.46. The maximum atomic E-state index is 13.9. The van der Waals surface area contributed by atoms with E-state index >= 15 is 0 Å². The molecule has 0 radical (unpaired) electrons. The zero-order chi connectivity index (χ0) is 22.0. The Kier molecular flexibility index (Phi) is 5.73. The largest absolute Gasteiger partial charge is 0.493 e. The number of carbonyl (C=O) groups is 2. The van der Waals surface area contributed by atoms with Crippen LogP contribution in [0.4, 0.5) is 4.39 Å². The summed E-state index contributed by atoms with van der Waals surface area (Å²) in [6.07, 6.45) is 0. The van der Waals surface area contributed by atoms with E-state index in [0.717, 1.165) is 5.39 Å². The molecule has 6 nitrogen and oxygen atoms in total. The van der Waals surface area contributed by atoms with Gasteiger partial charge in [0, 0.05) is 21.9 Å². The molecule has 0 spiro atoms. The lowest BCUT2D eigenvalue weighted by molar-refractivity contribution is 0.0892. The number of rotatable bonds is 7. The van der Waals surface area contributed by atoms with Crippen LogP contribution in [0.5, 0.6) is 11.5 Å². The summed E-state index contributed by atoms with van der Waals surface area (Å²) in [6.45, 7) is -0.237. The number of Topliss-reactive ketones (excluding diaryl/α,β-unsaturated/α-hetero) is 1. The van der Waals surface area contributed by atoms with Gasteiger partial charge in [-0.05, 0) is 36.4 Å². The summed E-state index contributed by atoms with van der Waals surface area (Å²) in [4.78, 5) is 24.9. The molecule has 0 aliphatic rings. The van der Waals surface area contributed by atoms with E-state index in [1.54, 1.807) is 41.8 Å². The third kappa shape index (κ3) is 4.02. The van der Waals surface area contributed by atoms with Crippen LogP contribution in [0.1, 0.15) is 20.9 Å². The maximum Gasteiger partial charge on any atom is 0.251 e. The summed E-state index contributed by atoms with van der Waals surface area (Å²) in [7, 11) is 2.98. The monoisotopic (exact) mass is 439 g/mol. The number of hydrogen-bond acceptors (Lipinski definition) is 6. The van der Waals surface area contributed by atoms with Crippen LogP contribution in [0, 0.1) is 5.82 Å². The van der Waals surface area contributed by atoms with Crippen molar-refractivity contribution < 1.29 is 27.9 Å². The van der Waals surface area contributed by atoms with Gasteiger partial charge < -0.3 is 19.2 Å². The second-order valence-electron chi connectivity index (χ2n) is 6.61. The molecule has 1 amide bonds. The van der Waals surface area contributed by atoms with Crippen LogP contribution in [0.2, 0.25) is 0 Å². The minimum atomic E-state index is -0.430. The molecule has 0 atom stereocenters. The van der Waals surface area contributed by atoms with E-state index in [4.69, 9.17) is 13.9 Å². The van der Waals surface area contributed by atoms with Crippen molar-refractivity contribution in [1.82, 2.24) is 5.32 Å². The maximum absolute atomic E-state index is 13.9. The molecule has 31 heavy (non-hydrogen) atoms. The first-order valence-corrected chi connectivity index (χ1v) is 10.2. The van der Waals surface area contributed by atoms with Crippen molar-refractivity contribution in [3.8, 4) is 22.8 Å². The van der Waals surface area contributed by atoms with Gasteiger partial charge in [0.1, 0.15) is 11.6 Å². The number of halogens is 1. The number of furan rings is 1. The van der Waals surface area contributed by atoms with Gasteiger partial charge in [0.2, 0.25) is 5.78 Å². The van der Waals surface area contributed by atoms with E-state index in [2.05, 4.69) is 5.32 Å². The molecule has 4 aromatic rings. The van der Waals surface area contributed by atoms with Gasteiger partial charge in [-0.25, -0.2) is 4.39 Å². The molecule has 0 unspecified atom stereocenters. The van der Waals surface area contributed by atoms with Gasteiger partial charge in [-0.1, -0.05) is 12.1 Å². The van der Waals surface area contributed by atoms with E-state index in [9.17, 15) is 14.0 Å². The fourth-order valence-corrected chi connectivity index (χ4v) is 4.14. The van der Waals surface area contributed by atoms with Gasteiger partial charge in [0.15, 0.2) is 17.3 Å². The molecule has 2 heterocycles. The number of fused-ring (bicyclic) bond motifs is 1. The normalized spacial score (nSPS) is 10.8. The molecule has 8 heteroatoms. The van der Waals surface area contributed by atoms with E-state index in [1.165, 1.54) is 37.7 Å². The standard InChI is InChI=1S/C23H18FNO5S/c1-28-20-7-6-13(10-21(20)29-2)23(27)25-11-17(26)19-9-8-18(30-19)15-12-31-22-14(15)4-3-5-16(22)24/h3-10,12H,11H2,1-2H3,(H,25,27). The Labute approximate surface area is 181 Å². The summed E-state index contributed by atoms with van der Waals surface area (Å²) < 4.78 is 30.5. The van der Waals surface area contributed by atoms with Gasteiger partial charge >= 0.3 is 0 Å².